The Morgan fingerprint density at radius 2 is 1.59 bits per heavy atom. The van der Waals surface area contributed by atoms with E-state index in [4.69, 9.17) is 21.1 Å². The zero-order valence-electron chi connectivity index (χ0n) is 11.9. The van der Waals surface area contributed by atoms with Crippen molar-refractivity contribution >= 4 is 23.5 Å². The fraction of sp³-hybridized carbons (Fsp3) is 0.188. The molecule has 0 aliphatic heterocycles. The molecule has 2 rings (SSSR count). The van der Waals surface area contributed by atoms with E-state index in [0.29, 0.717) is 5.02 Å². The van der Waals surface area contributed by atoms with Gasteiger partial charge in [-0.1, -0.05) is 29.8 Å². The molecule has 0 aliphatic carbocycles. The molecule has 0 bridgehead atoms. The van der Waals surface area contributed by atoms with Crippen LogP contribution in [0.5, 0.6) is 0 Å². The lowest BCUT2D eigenvalue weighted by Gasteiger charge is -2.06. The van der Waals surface area contributed by atoms with Crippen molar-refractivity contribution in [1.29, 1.82) is 0 Å². The van der Waals surface area contributed by atoms with Crippen molar-refractivity contribution in [1.82, 2.24) is 4.98 Å². The lowest BCUT2D eigenvalue weighted by molar-refractivity contribution is 0.0464. The summed E-state index contributed by atoms with van der Waals surface area (Å²) in [5.41, 5.74) is 0.932. The summed E-state index contributed by atoms with van der Waals surface area (Å²) in [6.07, 6.45) is 0. The highest BCUT2D eigenvalue weighted by molar-refractivity contribution is 6.30. The molecule has 0 atom stereocenters. The second-order valence-corrected chi connectivity index (χ2v) is 4.77. The summed E-state index contributed by atoms with van der Waals surface area (Å²) in [4.78, 5) is 27.5. The van der Waals surface area contributed by atoms with Gasteiger partial charge in [0.25, 0.3) is 0 Å². The second kappa shape index (κ2) is 7.56. The number of hydrogen-bond acceptors (Lipinski definition) is 5. The average Bonchev–Trinajstić information content (AvgIpc) is 2.54. The maximum Gasteiger partial charge on any atom is 0.357 e. The minimum Gasteiger partial charge on any atom is -0.461 e. The van der Waals surface area contributed by atoms with E-state index >= 15 is 0 Å². The molecule has 0 radical (unpaired) electrons. The first kappa shape index (κ1) is 16.0. The highest BCUT2D eigenvalue weighted by atomic mass is 35.5. The first-order valence-electron chi connectivity index (χ1n) is 6.66. The number of hydrogen-bond donors (Lipinski definition) is 0. The molecular formula is C16H14ClNO4. The molecule has 0 N–H and O–H groups in total. The Morgan fingerprint density at radius 1 is 1.00 bits per heavy atom. The number of nitrogens with zero attached hydrogens (tertiary/aromatic N) is 1. The molecule has 0 spiro atoms. The summed E-state index contributed by atoms with van der Waals surface area (Å²) in [7, 11) is 0. The lowest BCUT2D eigenvalue weighted by Crippen LogP contribution is -2.12. The molecule has 0 aliphatic rings. The Kier molecular flexibility index (Phi) is 5.49. The molecule has 0 saturated heterocycles. The summed E-state index contributed by atoms with van der Waals surface area (Å²) >= 11 is 5.78. The van der Waals surface area contributed by atoms with E-state index in [0.717, 1.165) is 5.56 Å². The maximum atomic E-state index is 12.0. The van der Waals surface area contributed by atoms with E-state index in [1.54, 1.807) is 37.3 Å². The molecule has 114 valence electrons. The van der Waals surface area contributed by atoms with Gasteiger partial charge in [-0.3, -0.25) is 0 Å². The van der Waals surface area contributed by atoms with Crippen molar-refractivity contribution in [2.75, 3.05) is 6.61 Å². The zero-order chi connectivity index (χ0) is 15.9. The molecule has 5 nitrogen and oxygen atoms in total. The van der Waals surface area contributed by atoms with Crippen LogP contribution in [0.1, 0.15) is 33.5 Å². The quantitative estimate of drug-likeness (QED) is 0.791. The van der Waals surface area contributed by atoms with Gasteiger partial charge in [-0.25, -0.2) is 14.6 Å². The van der Waals surface area contributed by atoms with Gasteiger partial charge in [0, 0.05) is 5.02 Å². The van der Waals surface area contributed by atoms with Crippen LogP contribution in [-0.4, -0.2) is 23.5 Å². The molecule has 1 aromatic carbocycles. The Morgan fingerprint density at radius 3 is 2.18 bits per heavy atom. The van der Waals surface area contributed by atoms with Gasteiger partial charge in [0.1, 0.15) is 18.0 Å². The van der Waals surface area contributed by atoms with E-state index in [-0.39, 0.29) is 24.6 Å². The predicted octanol–water partition coefficient (Wildman–Crippen LogP) is 3.27. The normalized spacial score (nSPS) is 10.1. The SMILES string of the molecule is CCOC(=O)c1cccc(C(=O)OCc2ccc(Cl)cc2)n1. The highest BCUT2D eigenvalue weighted by Crippen LogP contribution is 2.11. The topological polar surface area (TPSA) is 65.5 Å². The smallest absolute Gasteiger partial charge is 0.357 e. The molecule has 0 unspecified atom stereocenters. The molecule has 1 heterocycles. The summed E-state index contributed by atoms with van der Waals surface area (Å²) in [6, 6.07) is 11.5. The maximum absolute atomic E-state index is 12.0. The van der Waals surface area contributed by atoms with Crippen LogP contribution >= 0.6 is 11.6 Å². The first-order chi connectivity index (χ1) is 10.6. The van der Waals surface area contributed by atoms with Crippen LogP contribution in [0.4, 0.5) is 0 Å². The zero-order valence-corrected chi connectivity index (χ0v) is 12.7. The lowest BCUT2D eigenvalue weighted by atomic mass is 10.2. The number of rotatable bonds is 5. The summed E-state index contributed by atoms with van der Waals surface area (Å²) in [5, 5.41) is 0.610. The number of halogens is 1. The highest BCUT2D eigenvalue weighted by Gasteiger charge is 2.14. The standard InChI is InChI=1S/C16H14ClNO4/c1-2-21-15(19)13-4-3-5-14(18-13)16(20)22-10-11-6-8-12(17)9-7-11/h3-9H,2,10H2,1H3. The Labute approximate surface area is 132 Å². The van der Waals surface area contributed by atoms with Gasteiger partial charge < -0.3 is 9.47 Å². The number of carbonyl (C=O) groups excluding carboxylic acids is 2. The third-order valence-electron chi connectivity index (χ3n) is 2.73. The molecule has 6 heteroatoms. The Balaban J connectivity index is 2.01. The molecule has 0 fully saturated rings. The van der Waals surface area contributed by atoms with Gasteiger partial charge in [-0.05, 0) is 36.8 Å². The molecule has 1 aromatic heterocycles. The summed E-state index contributed by atoms with van der Waals surface area (Å²) in [5.74, 6) is -1.18. The molecule has 2 aromatic rings. The minimum atomic E-state index is -0.610. The van der Waals surface area contributed by atoms with Crippen molar-refractivity contribution < 1.29 is 19.1 Å². The van der Waals surface area contributed by atoms with E-state index in [9.17, 15) is 9.59 Å². The largest absolute Gasteiger partial charge is 0.461 e. The van der Waals surface area contributed by atoms with Crippen LogP contribution in [0.25, 0.3) is 0 Å². The van der Waals surface area contributed by atoms with E-state index in [1.165, 1.54) is 12.1 Å². The summed E-state index contributed by atoms with van der Waals surface area (Å²) in [6.45, 7) is 2.04. The van der Waals surface area contributed by atoms with Crippen molar-refractivity contribution in [2.24, 2.45) is 0 Å². The number of benzene rings is 1. The van der Waals surface area contributed by atoms with Crippen molar-refractivity contribution in [3.63, 3.8) is 0 Å². The molecule has 0 saturated carbocycles. The van der Waals surface area contributed by atoms with E-state index in [1.807, 2.05) is 0 Å². The van der Waals surface area contributed by atoms with Gasteiger partial charge in [0.15, 0.2) is 0 Å². The first-order valence-corrected chi connectivity index (χ1v) is 7.03. The van der Waals surface area contributed by atoms with Crippen LogP contribution in [0.15, 0.2) is 42.5 Å². The van der Waals surface area contributed by atoms with Crippen LogP contribution in [0.2, 0.25) is 5.02 Å². The van der Waals surface area contributed by atoms with Crippen LogP contribution in [0, 0.1) is 0 Å². The monoisotopic (exact) mass is 319 g/mol. The van der Waals surface area contributed by atoms with Gasteiger partial charge in [-0.2, -0.15) is 0 Å². The number of esters is 2. The number of pyridine rings is 1. The Bertz CT molecular complexity index is 670. The minimum absolute atomic E-state index is 0.0551. The third kappa shape index (κ3) is 4.30. The predicted molar refractivity (Wildman–Crippen MR) is 80.8 cm³/mol. The van der Waals surface area contributed by atoms with E-state index in [2.05, 4.69) is 4.98 Å². The average molecular weight is 320 g/mol. The Hall–Kier alpha value is -2.40. The molecule has 0 amide bonds. The molecule has 22 heavy (non-hydrogen) atoms. The fourth-order valence-electron chi connectivity index (χ4n) is 1.67. The number of carbonyl (C=O) groups is 2. The van der Waals surface area contributed by atoms with Crippen LogP contribution in [0.3, 0.4) is 0 Å². The van der Waals surface area contributed by atoms with Gasteiger partial charge >= 0.3 is 11.9 Å². The third-order valence-corrected chi connectivity index (χ3v) is 2.98. The summed E-state index contributed by atoms with van der Waals surface area (Å²) < 4.78 is 9.99. The van der Waals surface area contributed by atoms with Crippen molar-refractivity contribution in [2.45, 2.75) is 13.5 Å². The van der Waals surface area contributed by atoms with Crippen molar-refractivity contribution in [3.8, 4) is 0 Å². The fourth-order valence-corrected chi connectivity index (χ4v) is 1.80. The van der Waals surface area contributed by atoms with Crippen LogP contribution in [-0.2, 0) is 16.1 Å². The van der Waals surface area contributed by atoms with E-state index < -0.39 is 11.9 Å². The van der Waals surface area contributed by atoms with Crippen molar-refractivity contribution in [3.05, 3.63) is 64.4 Å². The van der Waals surface area contributed by atoms with Gasteiger partial charge in [-0.15, -0.1) is 0 Å². The van der Waals surface area contributed by atoms with Gasteiger partial charge in [0.05, 0.1) is 6.61 Å². The number of ether oxygens (including phenoxy) is 2. The van der Waals surface area contributed by atoms with Gasteiger partial charge in [0.2, 0.25) is 0 Å². The van der Waals surface area contributed by atoms with Crippen LogP contribution < -0.4 is 0 Å². The molecular weight excluding hydrogens is 306 g/mol. The second-order valence-electron chi connectivity index (χ2n) is 4.33. The number of aromatic nitrogens is 1.